The van der Waals surface area contributed by atoms with Gasteiger partial charge in [-0.3, -0.25) is 4.79 Å². The highest BCUT2D eigenvalue weighted by Crippen LogP contribution is 2.30. The molecule has 1 aromatic heterocycles. The van der Waals surface area contributed by atoms with E-state index in [0.29, 0.717) is 6.42 Å². The molecule has 0 aliphatic heterocycles. The summed E-state index contributed by atoms with van der Waals surface area (Å²) in [5.74, 6) is 0.0203. The fourth-order valence-corrected chi connectivity index (χ4v) is 5.79. The van der Waals surface area contributed by atoms with Gasteiger partial charge in [0.2, 0.25) is 0 Å². The first-order chi connectivity index (χ1) is 20.0. The van der Waals surface area contributed by atoms with Crippen LogP contribution in [0.15, 0.2) is 83.5 Å². The minimum Gasteiger partial charge on any atom is -0.494 e. The molecule has 5 heteroatoms. The summed E-state index contributed by atoms with van der Waals surface area (Å²) in [7, 11) is 1.46. The fraction of sp³-hybridized carbons (Fsp3) is 0.333. The Morgan fingerprint density at radius 1 is 1.00 bits per heavy atom. The largest absolute Gasteiger partial charge is 0.494 e. The summed E-state index contributed by atoms with van der Waals surface area (Å²) in [6, 6.07) is 18.6. The van der Waals surface area contributed by atoms with E-state index in [2.05, 4.69) is 11.1 Å². The van der Waals surface area contributed by atoms with Crippen molar-refractivity contribution in [3.05, 3.63) is 101 Å². The molecule has 3 aromatic carbocycles. The number of hydrogen-bond acceptors (Lipinski definition) is 3. The number of rotatable bonds is 9. The maximum absolute atomic E-state index is 14.4. The quantitative estimate of drug-likeness (QED) is 0.128. The van der Waals surface area contributed by atoms with Crippen LogP contribution in [0.2, 0.25) is 0 Å². The van der Waals surface area contributed by atoms with E-state index >= 15 is 0 Å². The van der Waals surface area contributed by atoms with Gasteiger partial charge in [-0.1, -0.05) is 48.8 Å². The summed E-state index contributed by atoms with van der Waals surface area (Å²) in [5.41, 5.74) is 6.60. The molecule has 0 unspecified atom stereocenters. The van der Waals surface area contributed by atoms with E-state index in [0.717, 1.165) is 63.5 Å². The number of aryl methyl sites for hydroxylation is 1. The second-order valence-electron chi connectivity index (χ2n) is 11.0. The molecule has 0 bridgehead atoms. The summed E-state index contributed by atoms with van der Waals surface area (Å²) in [6.07, 6.45) is 15.8. The van der Waals surface area contributed by atoms with E-state index in [9.17, 15) is 9.18 Å². The van der Waals surface area contributed by atoms with E-state index in [1.54, 1.807) is 11.6 Å². The molecule has 0 fully saturated rings. The van der Waals surface area contributed by atoms with Crippen molar-refractivity contribution in [3.8, 4) is 16.9 Å². The maximum Gasteiger partial charge on any atom is 0.165 e. The van der Waals surface area contributed by atoms with Crippen molar-refractivity contribution in [1.29, 1.82) is 0 Å². The van der Waals surface area contributed by atoms with Gasteiger partial charge in [-0.05, 0) is 99.4 Å². The number of nitrogens with zero attached hydrogens (tertiary/aromatic N) is 1. The molecule has 0 saturated carbocycles. The first-order valence-corrected chi connectivity index (χ1v) is 14.8. The number of ether oxygens (including phenoxy) is 1. The maximum atomic E-state index is 14.4. The summed E-state index contributed by atoms with van der Waals surface area (Å²) in [4.78, 5) is 21.3. The number of unbranched alkanes of at least 4 members (excludes halogenated alkanes) is 1. The van der Waals surface area contributed by atoms with E-state index < -0.39 is 5.82 Å². The molecule has 4 aromatic rings. The molecular weight excluding hydrogens is 511 g/mol. The third kappa shape index (κ3) is 7.02. The zero-order valence-corrected chi connectivity index (χ0v) is 24.1. The number of hydrogen-bond donors (Lipinski definition) is 1. The highest BCUT2D eigenvalue weighted by molar-refractivity contribution is 5.98. The molecule has 0 atom stereocenters. The van der Waals surface area contributed by atoms with Gasteiger partial charge in [-0.2, -0.15) is 0 Å². The summed E-state index contributed by atoms with van der Waals surface area (Å²) < 4.78 is 19.5. The molecule has 0 amide bonds. The van der Waals surface area contributed by atoms with Gasteiger partial charge in [0, 0.05) is 29.1 Å². The predicted molar refractivity (Wildman–Crippen MR) is 165 cm³/mol. The van der Waals surface area contributed by atoms with Crippen LogP contribution in [0.5, 0.6) is 5.75 Å². The topological polar surface area (TPSA) is 54.4 Å². The molecule has 1 heterocycles. The van der Waals surface area contributed by atoms with Gasteiger partial charge in [0.1, 0.15) is 0 Å². The first kappa shape index (κ1) is 28.5. The number of halogens is 1. The van der Waals surface area contributed by atoms with Crippen LogP contribution in [-0.4, -0.2) is 17.9 Å². The lowest BCUT2D eigenvalue weighted by molar-refractivity contribution is 0.0978. The number of allylic oxidation sites excluding steroid dienone is 2. The first-order valence-electron chi connectivity index (χ1n) is 14.8. The Morgan fingerprint density at radius 3 is 2.68 bits per heavy atom. The number of carbonyl (C=O) groups excluding carboxylic acids is 1. The Morgan fingerprint density at radius 2 is 1.85 bits per heavy atom. The fourth-order valence-electron chi connectivity index (χ4n) is 5.79. The Hall–Kier alpha value is -3.99. The molecule has 1 N–H and O–H groups in total. The van der Waals surface area contributed by atoms with E-state index in [-0.39, 0.29) is 11.5 Å². The summed E-state index contributed by atoms with van der Waals surface area (Å²) >= 11 is 0. The van der Waals surface area contributed by atoms with E-state index in [4.69, 9.17) is 9.73 Å². The normalized spacial score (nSPS) is 15.7. The third-order valence-electron chi connectivity index (χ3n) is 8.06. The van der Waals surface area contributed by atoms with Gasteiger partial charge in [-0.25, -0.2) is 9.38 Å². The van der Waals surface area contributed by atoms with Crippen LogP contribution in [0.1, 0.15) is 80.1 Å². The molecule has 4 nitrogen and oxygen atoms in total. The Balaban J connectivity index is 1.31. The van der Waals surface area contributed by atoms with Crippen LogP contribution in [0, 0.1) is 12.7 Å². The van der Waals surface area contributed by atoms with E-state index in [1.807, 2.05) is 61.7 Å². The average molecular weight is 551 g/mol. The molecule has 212 valence electrons. The number of H-pyrrole nitrogens is 1. The second kappa shape index (κ2) is 13.6. The van der Waals surface area contributed by atoms with Crippen molar-refractivity contribution < 1.29 is 13.9 Å². The molecule has 0 spiro atoms. The Bertz CT molecular complexity index is 1630. The van der Waals surface area contributed by atoms with Crippen LogP contribution in [0.4, 0.5) is 10.1 Å². The number of aromatic amines is 1. The van der Waals surface area contributed by atoms with Crippen LogP contribution in [-0.2, 0) is 0 Å². The van der Waals surface area contributed by atoms with Crippen LogP contribution < -0.4 is 10.1 Å². The molecule has 1 aliphatic rings. The molecule has 5 rings (SSSR count). The highest BCUT2D eigenvalue weighted by atomic mass is 19.1. The van der Waals surface area contributed by atoms with E-state index in [1.165, 1.54) is 51.7 Å². The molecule has 0 radical (unpaired) electrons. The van der Waals surface area contributed by atoms with Crippen molar-refractivity contribution in [2.75, 3.05) is 7.11 Å². The monoisotopic (exact) mass is 550 g/mol. The Kier molecular flexibility index (Phi) is 9.45. The molecular formula is C36H39FN2O2. The van der Waals surface area contributed by atoms with Gasteiger partial charge < -0.3 is 9.72 Å². The van der Waals surface area contributed by atoms with Crippen LogP contribution in [0.3, 0.4) is 0 Å². The van der Waals surface area contributed by atoms with Crippen molar-refractivity contribution in [2.45, 2.75) is 71.1 Å². The molecule has 41 heavy (non-hydrogen) atoms. The van der Waals surface area contributed by atoms with Crippen molar-refractivity contribution in [1.82, 2.24) is 4.98 Å². The number of nitrogens with one attached hydrogen (secondary N) is 1. The van der Waals surface area contributed by atoms with Crippen LogP contribution >= 0.6 is 0 Å². The van der Waals surface area contributed by atoms with Gasteiger partial charge in [-0.15, -0.1) is 0 Å². The molecule has 0 saturated heterocycles. The Labute approximate surface area is 242 Å². The van der Waals surface area contributed by atoms with Crippen molar-refractivity contribution in [3.63, 3.8) is 0 Å². The zero-order valence-electron chi connectivity index (χ0n) is 24.1. The summed E-state index contributed by atoms with van der Waals surface area (Å²) in [5, 5.41) is 1.71. The number of carbonyl (C=O) groups is 1. The number of benzene rings is 2. The van der Waals surface area contributed by atoms with Gasteiger partial charge in [0.15, 0.2) is 17.3 Å². The molecule has 1 aliphatic carbocycles. The highest BCUT2D eigenvalue weighted by Gasteiger charge is 2.12. The van der Waals surface area contributed by atoms with Crippen molar-refractivity contribution >= 4 is 22.4 Å². The summed E-state index contributed by atoms with van der Waals surface area (Å²) in [6.45, 7) is 1.98. The standard InChI is InChI=1S/C36H39FN2O2/c1-25-22-28(19-20-29(25)34(40)17-11-8-14-26-12-6-4-3-5-7-13-26)39-33-16-10-9-15-30-31(24-38-36(30)33)27-18-21-35(41-2)32(37)23-27/h9-10,12,15-16,18-24,38H,3-8,11,13-14,17H2,1-2H3/b26-12+,39-33?. The number of fused-ring (bicyclic) bond motifs is 1. The average Bonchev–Trinajstić information content (AvgIpc) is 3.27. The van der Waals surface area contributed by atoms with Gasteiger partial charge in [0.05, 0.1) is 23.7 Å². The third-order valence-corrected chi connectivity index (χ3v) is 8.06. The smallest absolute Gasteiger partial charge is 0.165 e. The second-order valence-corrected chi connectivity index (χ2v) is 11.0. The zero-order chi connectivity index (χ0) is 28.6. The lowest BCUT2D eigenvalue weighted by Crippen LogP contribution is -2.02. The predicted octanol–water partition coefficient (Wildman–Crippen LogP) is 9.55. The minimum atomic E-state index is -0.401. The number of Topliss-reactive ketones (excluding diaryl/α,β-unsaturated/α-hetero) is 1. The van der Waals surface area contributed by atoms with Crippen molar-refractivity contribution in [2.24, 2.45) is 4.99 Å². The number of ketones is 1. The lowest BCUT2D eigenvalue weighted by atomic mass is 9.95. The van der Waals surface area contributed by atoms with Gasteiger partial charge in [0.25, 0.3) is 0 Å². The minimum absolute atomic E-state index is 0.204. The lowest BCUT2D eigenvalue weighted by Gasteiger charge is -2.11. The number of methoxy groups -OCH3 is 1. The SMILES string of the molecule is COc1ccc(-c2c[nH]c3c(=Nc4ccc(C(=O)CCCC/C5=C/CCCCCC5)c(C)c4)ccccc23)cc1F. The van der Waals surface area contributed by atoms with Crippen LogP contribution in [0.25, 0.3) is 22.0 Å². The van der Waals surface area contributed by atoms with Gasteiger partial charge >= 0.3 is 0 Å². The number of aromatic nitrogens is 1.